The molecule has 0 saturated carbocycles. The lowest BCUT2D eigenvalue weighted by atomic mass is 10.1. The number of nitrogens with one attached hydrogen (secondary N) is 2. The van der Waals surface area contributed by atoms with E-state index in [0.29, 0.717) is 5.95 Å². The average molecular weight is 447 g/mol. The summed E-state index contributed by atoms with van der Waals surface area (Å²) in [4.78, 5) is 13.8. The molecule has 0 radical (unpaired) electrons. The second-order valence-corrected chi connectivity index (χ2v) is 8.82. The van der Waals surface area contributed by atoms with Crippen molar-refractivity contribution in [3.8, 4) is 11.3 Å². The average Bonchev–Trinajstić information content (AvgIpc) is 2.81. The maximum atomic E-state index is 4.72. The summed E-state index contributed by atoms with van der Waals surface area (Å²) in [6.07, 6.45) is 4.21. The largest absolute Gasteiger partial charge is 0.324 e. The smallest absolute Gasteiger partial charge is 0.227 e. The number of nitrogens with zero attached hydrogens (tertiary/aromatic N) is 4. The van der Waals surface area contributed by atoms with Gasteiger partial charge in [0.2, 0.25) is 5.95 Å². The molecule has 1 aromatic heterocycles. The highest BCUT2D eigenvalue weighted by molar-refractivity contribution is 5.62. The Kier molecular flexibility index (Phi) is 9.81. The zero-order chi connectivity index (χ0) is 23.5. The first kappa shape index (κ1) is 24.8. The number of anilines is 2. The zero-order valence-electron chi connectivity index (χ0n) is 20.5. The van der Waals surface area contributed by atoms with Crippen LogP contribution >= 0.6 is 0 Å². The quantitative estimate of drug-likeness (QED) is 0.288. The molecule has 176 valence electrons. The first-order chi connectivity index (χ1) is 16.0. The van der Waals surface area contributed by atoms with Crippen LogP contribution in [0.5, 0.6) is 0 Å². The van der Waals surface area contributed by atoms with Crippen LogP contribution in [-0.4, -0.2) is 60.2 Å². The van der Waals surface area contributed by atoms with Crippen molar-refractivity contribution in [3.05, 3.63) is 71.9 Å². The molecule has 0 unspecified atom stereocenters. The number of hydrogen-bond donors (Lipinski definition) is 2. The van der Waals surface area contributed by atoms with Crippen LogP contribution in [0, 0.1) is 6.92 Å². The minimum atomic E-state index is 0.610. The third kappa shape index (κ3) is 8.57. The normalized spacial score (nSPS) is 11.3. The number of rotatable bonds is 13. The van der Waals surface area contributed by atoms with Crippen molar-refractivity contribution in [1.82, 2.24) is 25.1 Å². The minimum Gasteiger partial charge on any atom is -0.324 e. The fourth-order valence-corrected chi connectivity index (χ4v) is 3.57. The molecule has 33 heavy (non-hydrogen) atoms. The van der Waals surface area contributed by atoms with E-state index in [4.69, 9.17) is 4.98 Å². The molecule has 3 aromatic rings. The van der Waals surface area contributed by atoms with Gasteiger partial charge in [0, 0.05) is 43.8 Å². The Balaban J connectivity index is 1.64. The molecular weight excluding hydrogens is 408 g/mol. The highest BCUT2D eigenvalue weighted by Crippen LogP contribution is 2.21. The molecule has 2 N–H and O–H groups in total. The van der Waals surface area contributed by atoms with Crippen LogP contribution in [0.15, 0.2) is 60.8 Å². The van der Waals surface area contributed by atoms with Gasteiger partial charge in [-0.2, -0.15) is 0 Å². The monoisotopic (exact) mass is 446 g/mol. The molecule has 6 heteroatoms. The Bertz CT molecular complexity index is 970. The number of unbranched alkanes of at least 4 members (excludes halogenated alkanes) is 1. The molecule has 2 aromatic carbocycles. The number of hydrogen-bond acceptors (Lipinski definition) is 6. The molecule has 0 amide bonds. The second kappa shape index (κ2) is 13.0. The van der Waals surface area contributed by atoms with Crippen molar-refractivity contribution in [2.45, 2.75) is 33.2 Å². The fourth-order valence-electron chi connectivity index (χ4n) is 3.57. The number of likely N-dealkylation sites (N-methyl/N-ethyl adjacent to an activating group) is 1. The van der Waals surface area contributed by atoms with Gasteiger partial charge in [-0.05, 0) is 57.7 Å². The molecule has 1 heterocycles. The Morgan fingerprint density at radius 1 is 0.970 bits per heavy atom. The van der Waals surface area contributed by atoms with Crippen molar-refractivity contribution in [2.75, 3.05) is 45.7 Å². The van der Waals surface area contributed by atoms with E-state index in [0.717, 1.165) is 49.8 Å². The fraction of sp³-hybridized carbons (Fsp3) is 0.407. The maximum absolute atomic E-state index is 4.72. The van der Waals surface area contributed by atoms with Crippen molar-refractivity contribution in [2.24, 2.45) is 0 Å². The van der Waals surface area contributed by atoms with Gasteiger partial charge in [0.1, 0.15) is 0 Å². The highest BCUT2D eigenvalue weighted by atomic mass is 15.2. The van der Waals surface area contributed by atoms with Crippen LogP contribution in [0.25, 0.3) is 11.3 Å². The summed E-state index contributed by atoms with van der Waals surface area (Å²) in [7, 11) is 4.21. The first-order valence-electron chi connectivity index (χ1n) is 11.9. The van der Waals surface area contributed by atoms with Crippen molar-refractivity contribution in [1.29, 1.82) is 0 Å². The molecular formula is C27H38N6. The lowest BCUT2D eigenvalue weighted by Gasteiger charge is -2.23. The van der Waals surface area contributed by atoms with E-state index in [1.54, 1.807) is 6.20 Å². The molecule has 3 rings (SSSR count). The summed E-state index contributed by atoms with van der Waals surface area (Å²) >= 11 is 0. The van der Waals surface area contributed by atoms with Gasteiger partial charge in [-0.15, -0.1) is 0 Å². The third-order valence-corrected chi connectivity index (χ3v) is 5.49. The standard InChI is InChI=1S/C27H38N6/c1-5-6-17-33(21-28-16-18-32(3)4)20-23-8-7-9-25(19-23)30-27-29-15-14-26(31-27)24-12-10-22(2)11-13-24/h7-15,19,28H,5-6,16-18,20-21H2,1-4H3,(H,29,30,31). The van der Waals surface area contributed by atoms with Crippen LogP contribution < -0.4 is 10.6 Å². The predicted octanol–water partition coefficient (Wildman–Crippen LogP) is 4.91. The molecule has 0 atom stereocenters. The SMILES string of the molecule is CCCCN(CNCCN(C)C)Cc1cccc(Nc2nccc(-c3ccc(C)cc3)n2)c1. The van der Waals surface area contributed by atoms with Gasteiger partial charge in [-0.25, -0.2) is 9.97 Å². The van der Waals surface area contributed by atoms with Crippen LogP contribution in [0.1, 0.15) is 30.9 Å². The summed E-state index contributed by atoms with van der Waals surface area (Å²) in [5, 5.41) is 6.96. The van der Waals surface area contributed by atoms with E-state index in [-0.39, 0.29) is 0 Å². The van der Waals surface area contributed by atoms with E-state index in [1.165, 1.54) is 24.0 Å². The molecule has 0 aliphatic rings. The number of benzene rings is 2. The van der Waals surface area contributed by atoms with Gasteiger partial charge in [0.15, 0.2) is 0 Å². The van der Waals surface area contributed by atoms with E-state index in [9.17, 15) is 0 Å². The van der Waals surface area contributed by atoms with Crippen molar-refractivity contribution in [3.63, 3.8) is 0 Å². The zero-order valence-corrected chi connectivity index (χ0v) is 20.5. The maximum Gasteiger partial charge on any atom is 0.227 e. The summed E-state index contributed by atoms with van der Waals surface area (Å²) < 4.78 is 0. The Hall–Kier alpha value is -2.80. The van der Waals surface area contributed by atoms with Crippen LogP contribution in [0.2, 0.25) is 0 Å². The van der Waals surface area contributed by atoms with Gasteiger partial charge >= 0.3 is 0 Å². The van der Waals surface area contributed by atoms with E-state index < -0.39 is 0 Å². The van der Waals surface area contributed by atoms with Crippen molar-refractivity contribution < 1.29 is 0 Å². The summed E-state index contributed by atoms with van der Waals surface area (Å²) in [5.74, 6) is 0.610. The molecule has 0 bridgehead atoms. The van der Waals surface area contributed by atoms with Crippen LogP contribution in [0.4, 0.5) is 11.6 Å². The van der Waals surface area contributed by atoms with Gasteiger partial charge in [-0.3, -0.25) is 4.90 Å². The Morgan fingerprint density at radius 2 is 1.79 bits per heavy atom. The summed E-state index contributed by atoms with van der Waals surface area (Å²) in [6.45, 7) is 9.27. The molecule has 0 aliphatic heterocycles. The number of aromatic nitrogens is 2. The minimum absolute atomic E-state index is 0.610. The van der Waals surface area contributed by atoms with Crippen LogP contribution in [0.3, 0.4) is 0 Å². The lowest BCUT2D eigenvalue weighted by molar-refractivity contribution is 0.236. The van der Waals surface area contributed by atoms with Crippen LogP contribution in [-0.2, 0) is 6.54 Å². The predicted molar refractivity (Wildman–Crippen MR) is 139 cm³/mol. The van der Waals surface area contributed by atoms with E-state index >= 15 is 0 Å². The number of aryl methyl sites for hydroxylation is 1. The molecule has 6 nitrogen and oxygen atoms in total. The molecule has 0 spiro atoms. The van der Waals surface area contributed by atoms with E-state index in [2.05, 4.69) is 102 Å². The van der Waals surface area contributed by atoms with Crippen molar-refractivity contribution >= 4 is 11.6 Å². The van der Waals surface area contributed by atoms with Gasteiger partial charge in [0.25, 0.3) is 0 Å². The molecule has 0 aliphatic carbocycles. The lowest BCUT2D eigenvalue weighted by Crippen LogP contribution is -2.37. The van der Waals surface area contributed by atoms with Gasteiger partial charge < -0.3 is 15.5 Å². The summed E-state index contributed by atoms with van der Waals surface area (Å²) in [6, 6.07) is 18.9. The second-order valence-electron chi connectivity index (χ2n) is 8.82. The topological polar surface area (TPSA) is 56.3 Å². The highest BCUT2D eigenvalue weighted by Gasteiger charge is 2.08. The molecule has 0 fully saturated rings. The van der Waals surface area contributed by atoms with Gasteiger partial charge in [-0.1, -0.05) is 55.3 Å². The molecule has 0 saturated heterocycles. The van der Waals surface area contributed by atoms with Gasteiger partial charge in [0.05, 0.1) is 5.69 Å². The Labute approximate surface area is 199 Å². The third-order valence-electron chi connectivity index (χ3n) is 5.49. The first-order valence-corrected chi connectivity index (χ1v) is 11.9. The van der Waals surface area contributed by atoms with E-state index in [1.807, 2.05) is 6.07 Å². The Morgan fingerprint density at radius 3 is 2.55 bits per heavy atom. The summed E-state index contributed by atoms with van der Waals surface area (Å²) in [5.41, 5.74) is 5.53.